The fourth-order valence-electron chi connectivity index (χ4n) is 4.76. The van der Waals surface area contributed by atoms with Crippen LogP contribution < -0.4 is 15.4 Å². The van der Waals surface area contributed by atoms with E-state index in [2.05, 4.69) is 10.6 Å². The van der Waals surface area contributed by atoms with Gasteiger partial charge in [0.2, 0.25) is 0 Å². The lowest BCUT2D eigenvalue weighted by Gasteiger charge is -2.16. The first-order valence-corrected chi connectivity index (χ1v) is 13.9. The predicted octanol–water partition coefficient (Wildman–Crippen LogP) is 3.49. The summed E-state index contributed by atoms with van der Waals surface area (Å²) in [6, 6.07) is 3.64. The molecule has 1 aliphatic carbocycles. The summed E-state index contributed by atoms with van der Waals surface area (Å²) in [5.74, 6) is 0.124. The Balaban J connectivity index is 1.50. The van der Waals surface area contributed by atoms with Gasteiger partial charge in [-0.15, -0.1) is 11.3 Å². The van der Waals surface area contributed by atoms with Crippen molar-refractivity contribution in [1.82, 2.24) is 5.32 Å². The van der Waals surface area contributed by atoms with Gasteiger partial charge in [0.15, 0.2) is 16.4 Å². The second kappa shape index (κ2) is 9.46. The third kappa shape index (κ3) is 5.41. The number of hydrogen-bond acceptors (Lipinski definition) is 6. The minimum atomic E-state index is -3.10. The second-order valence-corrected chi connectivity index (χ2v) is 12.4. The average molecular weight is 491 g/mol. The molecule has 1 aromatic heterocycles. The highest BCUT2D eigenvalue weighted by Crippen LogP contribution is 2.38. The standard InChI is InChI=1S/C24H30N2O5S2/c1-14-10-15(2)22(16(3)11-14)31-12-20(27)26-24-21(18-6-4-5-7-19(18)32-24)23(28)25-17-8-9-33(29,30)13-17/h10-11,17H,4-9,12-13H2,1-3H3,(H,25,28)(H,26,27)/t17-/m0/s1. The van der Waals surface area contributed by atoms with Crippen LogP contribution in [-0.4, -0.2) is 44.4 Å². The van der Waals surface area contributed by atoms with Gasteiger partial charge in [0, 0.05) is 10.9 Å². The van der Waals surface area contributed by atoms with Gasteiger partial charge in [-0.3, -0.25) is 9.59 Å². The molecule has 1 saturated heterocycles. The molecular formula is C24H30N2O5S2. The Morgan fingerprint density at radius 1 is 1.12 bits per heavy atom. The Kier molecular flexibility index (Phi) is 6.81. The normalized spacial score (nSPS) is 19.1. The maximum absolute atomic E-state index is 13.2. The Morgan fingerprint density at radius 3 is 2.48 bits per heavy atom. The number of fused-ring (bicyclic) bond motifs is 1. The van der Waals surface area contributed by atoms with Crippen molar-refractivity contribution in [2.45, 2.75) is 58.9 Å². The fraction of sp³-hybridized carbons (Fsp3) is 0.500. The molecule has 4 rings (SSSR count). The maximum atomic E-state index is 13.2. The molecule has 2 aromatic rings. The van der Waals surface area contributed by atoms with Crippen LogP contribution in [0.3, 0.4) is 0 Å². The third-order valence-corrected chi connectivity index (χ3v) is 9.15. The number of nitrogens with one attached hydrogen (secondary N) is 2. The highest BCUT2D eigenvalue weighted by Gasteiger charge is 2.32. The molecule has 2 amide bonds. The minimum absolute atomic E-state index is 0.0319. The number of hydrogen-bond donors (Lipinski definition) is 2. The molecule has 0 unspecified atom stereocenters. The number of rotatable bonds is 6. The number of thiophene rings is 1. The number of sulfone groups is 1. The molecule has 33 heavy (non-hydrogen) atoms. The van der Waals surface area contributed by atoms with E-state index in [-0.39, 0.29) is 36.0 Å². The van der Waals surface area contributed by atoms with Gasteiger partial charge in [-0.25, -0.2) is 8.42 Å². The number of ether oxygens (including phenoxy) is 1. The van der Waals surface area contributed by atoms with Crippen molar-refractivity contribution in [3.05, 3.63) is 44.8 Å². The molecule has 178 valence electrons. The van der Waals surface area contributed by atoms with Crippen molar-refractivity contribution in [2.24, 2.45) is 0 Å². The number of anilines is 1. The van der Waals surface area contributed by atoms with Gasteiger partial charge >= 0.3 is 0 Å². The summed E-state index contributed by atoms with van der Waals surface area (Å²) in [7, 11) is -3.10. The summed E-state index contributed by atoms with van der Waals surface area (Å²) >= 11 is 1.44. The first-order chi connectivity index (χ1) is 15.6. The van der Waals surface area contributed by atoms with E-state index in [1.165, 1.54) is 11.3 Å². The summed E-state index contributed by atoms with van der Waals surface area (Å²) in [4.78, 5) is 27.0. The van der Waals surface area contributed by atoms with Crippen LogP contribution in [0.2, 0.25) is 0 Å². The molecule has 2 N–H and O–H groups in total. The fourth-order valence-corrected chi connectivity index (χ4v) is 7.73. The molecule has 2 heterocycles. The third-order valence-electron chi connectivity index (χ3n) is 6.17. The van der Waals surface area contributed by atoms with E-state index in [4.69, 9.17) is 4.74 Å². The summed E-state index contributed by atoms with van der Waals surface area (Å²) in [6.45, 7) is 5.76. The molecule has 1 aromatic carbocycles. The summed E-state index contributed by atoms with van der Waals surface area (Å²) in [5, 5.41) is 6.29. The zero-order valence-electron chi connectivity index (χ0n) is 19.2. The monoisotopic (exact) mass is 490 g/mol. The molecule has 0 radical (unpaired) electrons. The van der Waals surface area contributed by atoms with E-state index < -0.39 is 9.84 Å². The Hall–Kier alpha value is -2.39. The van der Waals surface area contributed by atoms with Crippen LogP contribution in [0.25, 0.3) is 0 Å². The lowest BCUT2D eigenvalue weighted by Crippen LogP contribution is -2.36. The van der Waals surface area contributed by atoms with E-state index in [9.17, 15) is 18.0 Å². The molecule has 9 heteroatoms. The zero-order valence-corrected chi connectivity index (χ0v) is 20.9. The number of amides is 2. The summed E-state index contributed by atoms with van der Waals surface area (Å²) in [6.07, 6.45) is 4.13. The Morgan fingerprint density at radius 2 is 1.82 bits per heavy atom. The van der Waals surface area contributed by atoms with Gasteiger partial charge in [-0.1, -0.05) is 17.7 Å². The highest BCUT2D eigenvalue weighted by atomic mass is 32.2. The average Bonchev–Trinajstić information content (AvgIpc) is 3.25. The van der Waals surface area contributed by atoms with Crippen molar-refractivity contribution < 1.29 is 22.7 Å². The number of carbonyl (C=O) groups excluding carboxylic acids is 2. The number of carbonyl (C=O) groups is 2. The molecule has 1 aliphatic heterocycles. The van der Waals surface area contributed by atoms with Gasteiger partial charge < -0.3 is 15.4 Å². The van der Waals surface area contributed by atoms with Crippen molar-refractivity contribution in [1.29, 1.82) is 0 Å². The molecule has 1 fully saturated rings. The number of benzene rings is 1. The van der Waals surface area contributed by atoms with Crippen LogP contribution in [0, 0.1) is 20.8 Å². The van der Waals surface area contributed by atoms with Gasteiger partial charge in [0.05, 0.1) is 17.1 Å². The minimum Gasteiger partial charge on any atom is -0.483 e. The topological polar surface area (TPSA) is 102 Å². The van der Waals surface area contributed by atoms with Crippen LogP contribution in [0.4, 0.5) is 5.00 Å². The molecule has 2 aliphatic rings. The summed E-state index contributed by atoms with van der Waals surface area (Å²) in [5.41, 5.74) is 4.54. The SMILES string of the molecule is Cc1cc(C)c(OCC(=O)Nc2sc3c(c2C(=O)N[C@H]2CCS(=O)(=O)C2)CCCC3)c(C)c1. The molecule has 1 atom stereocenters. The lowest BCUT2D eigenvalue weighted by molar-refractivity contribution is -0.118. The van der Waals surface area contributed by atoms with Crippen LogP contribution in [0.15, 0.2) is 12.1 Å². The van der Waals surface area contributed by atoms with Crippen LogP contribution in [-0.2, 0) is 27.5 Å². The van der Waals surface area contributed by atoms with E-state index in [0.717, 1.165) is 52.8 Å². The Labute approximate surface area is 198 Å². The van der Waals surface area contributed by atoms with Crippen molar-refractivity contribution in [3.63, 3.8) is 0 Å². The lowest BCUT2D eigenvalue weighted by atomic mass is 9.95. The maximum Gasteiger partial charge on any atom is 0.262 e. The molecule has 0 bridgehead atoms. The quantitative estimate of drug-likeness (QED) is 0.646. The van der Waals surface area contributed by atoms with E-state index in [0.29, 0.717) is 22.7 Å². The molecular weight excluding hydrogens is 460 g/mol. The largest absolute Gasteiger partial charge is 0.483 e. The van der Waals surface area contributed by atoms with E-state index in [1.807, 2.05) is 32.9 Å². The van der Waals surface area contributed by atoms with Crippen molar-refractivity contribution >= 4 is 38.0 Å². The second-order valence-electron chi connectivity index (χ2n) is 9.05. The molecule has 0 spiro atoms. The molecule has 7 nitrogen and oxygen atoms in total. The summed E-state index contributed by atoms with van der Waals surface area (Å²) < 4.78 is 29.4. The smallest absolute Gasteiger partial charge is 0.262 e. The number of aryl methyl sites for hydroxylation is 4. The van der Waals surface area contributed by atoms with Crippen LogP contribution in [0.5, 0.6) is 5.75 Å². The van der Waals surface area contributed by atoms with Crippen LogP contribution in [0.1, 0.15) is 56.8 Å². The predicted molar refractivity (Wildman–Crippen MR) is 130 cm³/mol. The van der Waals surface area contributed by atoms with E-state index in [1.54, 1.807) is 0 Å². The zero-order chi connectivity index (χ0) is 23.8. The molecule has 0 saturated carbocycles. The first-order valence-electron chi connectivity index (χ1n) is 11.3. The van der Waals surface area contributed by atoms with Crippen molar-refractivity contribution in [3.8, 4) is 5.75 Å². The van der Waals surface area contributed by atoms with Gasteiger partial charge in [0.1, 0.15) is 10.8 Å². The van der Waals surface area contributed by atoms with E-state index >= 15 is 0 Å². The first kappa shape index (κ1) is 23.8. The van der Waals surface area contributed by atoms with Crippen LogP contribution >= 0.6 is 11.3 Å². The van der Waals surface area contributed by atoms with Crippen molar-refractivity contribution in [2.75, 3.05) is 23.4 Å². The van der Waals surface area contributed by atoms with Gasteiger partial charge in [-0.2, -0.15) is 0 Å². The van der Waals surface area contributed by atoms with Gasteiger partial charge in [0.25, 0.3) is 11.8 Å². The van der Waals surface area contributed by atoms with Gasteiger partial charge in [-0.05, 0) is 69.6 Å². The Bertz CT molecular complexity index is 1180. The highest BCUT2D eigenvalue weighted by molar-refractivity contribution is 7.91.